The van der Waals surface area contributed by atoms with Crippen molar-refractivity contribution in [3.05, 3.63) is 29.8 Å². The molecule has 18 heavy (non-hydrogen) atoms. The van der Waals surface area contributed by atoms with Crippen molar-refractivity contribution in [3.8, 4) is 5.75 Å². The molecule has 3 N–H and O–H groups in total. The maximum absolute atomic E-state index is 8.88. The fourth-order valence-electron chi connectivity index (χ4n) is 1.50. The molecule has 0 spiro atoms. The Morgan fingerprint density at radius 1 is 1.17 bits per heavy atom. The first-order chi connectivity index (χ1) is 8.40. The summed E-state index contributed by atoms with van der Waals surface area (Å²) in [6.07, 6.45) is 0.946. The van der Waals surface area contributed by atoms with Crippen LogP contribution in [0.3, 0.4) is 0 Å². The first-order valence-electron chi connectivity index (χ1n) is 5.86. The molecule has 0 aliphatic heterocycles. The summed E-state index contributed by atoms with van der Waals surface area (Å²) in [7, 11) is -2.31. The lowest BCUT2D eigenvalue weighted by atomic mass is 10.1. The topological polar surface area (TPSA) is 79.2 Å². The third-order valence-electron chi connectivity index (χ3n) is 2.53. The quantitative estimate of drug-likeness (QED) is 0.508. The first kappa shape index (κ1) is 15.1. The van der Waals surface area contributed by atoms with Crippen LogP contribution in [-0.2, 0) is 11.2 Å². The van der Waals surface area contributed by atoms with Gasteiger partial charge < -0.3 is 23.9 Å². The maximum atomic E-state index is 8.88. The summed E-state index contributed by atoms with van der Waals surface area (Å²) in [5.74, 6) is 0.725. The van der Waals surface area contributed by atoms with E-state index < -0.39 is 8.80 Å². The molecule has 1 atom stereocenters. The van der Waals surface area contributed by atoms with Crippen molar-refractivity contribution >= 4 is 8.80 Å². The molecule has 0 radical (unpaired) electrons. The second-order valence-electron chi connectivity index (χ2n) is 4.19. The Hall–Kier alpha value is -0.923. The molecule has 1 unspecified atom stereocenters. The zero-order chi connectivity index (χ0) is 13.6. The summed E-state index contributed by atoms with van der Waals surface area (Å²) in [4.78, 5) is 26.6. The fraction of sp³-hybridized carbons (Fsp3) is 0.500. The summed E-state index contributed by atoms with van der Waals surface area (Å²) in [5.41, 5.74) is 1.06. The minimum absolute atomic E-state index is 0.0615. The summed E-state index contributed by atoms with van der Waals surface area (Å²) in [5, 5.41) is 0. The van der Waals surface area contributed by atoms with E-state index in [9.17, 15) is 0 Å². The average Bonchev–Trinajstić information content (AvgIpc) is 2.29. The van der Waals surface area contributed by atoms with E-state index in [1.54, 1.807) is 7.11 Å². The number of aryl methyl sites for hydroxylation is 1. The van der Waals surface area contributed by atoms with Gasteiger partial charge in [-0.25, -0.2) is 0 Å². The van der Waals surface area contributed by atoms with Crippen LogP contribution in [0.4, 0.5) is 0 Å². The molecule has 0 saturated carbocycles. The summed E-state index contributed by atoms with van der Waals surface area (Å²) in [6, 6.07) is 7.56. The zero-order valence-corrected chi connectivity index (χ0v) is 11.7. The highest BCUT2D eigenvalue weighted by molar-refractivity contribution is 6.56. The van der Waals surface area contributed by atoms with Crippen molar-refractivity contribution < 1.29 is 23.9 Å². The molecule has 0 aliphatic carbocycles. The highest BCUT2D eigenvalue weighted by Gasteiger charge is 2.25. The molecule has 0 saturated heterocycles. The van der Waals surface area contributed by atoms with Crippen LogP contribution in [0, 0.1) is 0 Å². The lowest BCUT2D eigenvalue weighted by Gasteiger charge is -2.13. The molecule has 1 rings (SSSR count). The molecule has 6 heteroatoms. The van der Waals surface area contributed by atoms with Gasteiger partial charge in [-0.15, -0.1) is 0 Å². The van der Waals surface area contributed by atoms with E-state index in [2.05, 4.69) is 0 Å². The summed E-state index contributed by atoms with van der Waals surface area (Å²) in [6.45, 7) is 1.81. The Kier molecular flexibility index (Phi) is 5.77. The van der Waals surface area contributed by atoms with Crippen molar-refractivity contribution in [1.29, 1.82) is 0 Å². The van der Waals surface area contributed by atoms with Crippen LogP contribution in [0.25, 0.3) is 0 Å². The second-order valence-corrected chi connectivity index (χ2v) is 6.24. The zero-order valence-electron chi connectivity index (χ0n) is 10.7. The van der Waals surface area contributed by atoms with Gasteiger partial charge in [-0.05, 0) is 37.5 Å². The van der Waals surface area contributed by atoms with Gasteiger partial charge in [0.25, 0.3) is 0 Å². The predicted octanol–water partition coefficient (Wildman–Crippen LogP) is 0.906. The van der Waals surface area contributed by atoms with Gasteiger partial charge in [0.2, 0.25) is 0 Å². The van der Waals surface area contributed by atoms with Crippen molar-refractivity contribution in [2.45, 2.75) is 32.1 Å². The Bertz CT molecular complexity index is 346. The van der Waals surface area contributed by atoms with E-state index in [4.69, 9.17) is 23.9 Å². The van der Waals surface area contributed by atoms with Crippen LogP contribution in [0.5, 0.6) is 5.75 Å². The number of benzene rings is 1. The molecular weight excluding hydrogens is 252 g/mol. The number of rotatable bonds is 7. The van der Waals surface area contributed by atoms with Gasteiger partial charge in [-0.1, -0.05) is 12.1 Å². The van der Waals surface area contributed by atoms with E-state index in [1.165, 1.54) is 0 Å². The van der Waals surface area contributed by atoms with Crippen molar-refractivity contribution in [2.75, 3.05) is 7.11 Å². The SMILES string of the molecule is COC(C)Oc1ccc(CCC[Si](O)(O)O)cc1. The first-order valence-corrected chi connectivity index (χ1v) is 7.91. The van der Waals surface area contributed by atoms with Gasteiger partial charge in [0.05, 0.1) is 0 Å². The Labute approximate surface area is 108 Å². The molecule has 5 nitrogen and oxygen atoms in total. The lowest BCUT2D eigenvalue weighted by Crippen LogP contribution is -2.34. The largest absolute Gasteiger partial charge is 0.492 e. The Morgan fingerprint density at radius 2 is 1.78 bits per heavy atom. The second kappa shape index (κ2) is 6.86. The molecular formula is C12H20O5Si. The highest BCUT2D eigenvalue weighted by atomic mass is 28.4. The minimum atomic E-state index is -3.89. The molecule has 0 bridgehead atoms. The molecule has 1 aromatic carbocycles. The van der Waals surface area contributed by atoms with Crippen LogP contribution in [0.1, 0.15) is 18.9 Å². The Balaban J connectivity index is 2.41. The standard InChI is InChI=1S/C12H20O5Si/c1-10(16-2)17-12-7-5-11(6-8-12)4-3-9-18(13,14)15/h5-8,10,13-15H,3-4,9H2,1-2H3. The van der Waals surface area contributed by atoms with Crippen LogP contribution in [-0.4, -0.2) is 36.6 Å². The molecule has 0 heterocycles. The molecule has 102 valence electrons. The molecule has 0 amide bonds. The molecule has 0 aromatic heterocycles. The fourth-order valence-corrected chi connectivity index (χ4v) is 2.16. The monoisotopic (exact) mass is 272 g/mol. The van der Waals surface area contributed by atoms with Gasteiger partial charge in [-0.3, -0.25) is 0 Å². The van der Waals surface area contributed by atoms with Gasteiger partial charge in [0.15, 0.2) is 6.29 Å². The number of ether oxygens (including phenoxy) is 2. The van der Waals surface area contributed by atoms with E-state index in [0.29, 0.717) is 12.8 Å². The summed E-state index contributed by atoms with van der Waals surface area (Å²) < 4.78 is 10.4. The summed E-state index contributed by atoms with van der Waals surface area (Å²) >= 11 is 0. The average molecular weight is 272 g/mol. The number of methoxy groups -OCH3 is 1. The van der Waals surface area contributed by atoms with Gasteiger partial charge in [0.1, 0.15) is 5.75 Å². The van der Waals surface area contributed by atoms with Crippen molar-refractivity contribution in [2.24, 2.45) is 0 Å². The van der Waals surface area contributed by atoms with E-state index in [0.717, 1.165) is 11.3 Å². The van der Waals surface area contributed by atoms with E-state index in [-0.39, 0.29) is 12.3 Å². The van der Waals surface area contributed by atoms with Crippen molar-refractivity contribution in [1.82, 2.24) is 0 Å². The Morgan fingerprint density at radius 3 is 2.28 bits per heavy atom. The third kappa shape index (κ3) is 6.13. The normalized spacial score (nSPS) is 13.4. The number of hydrogen-bond acceptors (Lipinski definition) is 5. The van der Waals surface area contributed by atoms with Gasteiger partial charge in [0, 0.05) is 13.2 Å². The van der Waals surface area contributed by atoms with Crippen molar-refractivity contribution in [3.63, 3.8) is 0 Å². The van der Waals surface area contributed by atoms with Gasteiger partial charge in [-0.2, -0.15) is 0 Å². The lowest BCUT2D eigenvalue weighted by molar-refractivity contribution is -0.0382. The maximum Gasteiger partial charge on any atom is 0.492 e. The molecule has 0 fully saturated rings. The van der Waals surface area contributed by atoms with E-state index in [1.807, 2.05) is 31.2 Å². The van der Waals surface area contributed by atoms with Crippen LogP contribution in [0.2, 0.25) is 6.04 Å². The number of hydrogen-bond donors (Lipinski definition) is 3. The van der Waals surface area contributed by atoms with Crippen LogP contribution < -0.4 is 4.74 Å². The smallest absolute Gasteiger partial charge is 0.465 e. The van der Waals surface area contributed by atoms with E-state index >= 15 is 0 Å². The molecule has 0 aliphatic rings. The van der Waals surface area contributed by atoms with Crippen LogP contribution >= 0.6 is 0 Å². The third-order valence-corrected chi connectivity index (χ3v) is 3.56. The van der Waals surface area contributed by atoms with Crippen LogP contribution in [0.15, 0.2) is 24.3 Å². The minimum Gasteiger partial charge on any atom is -0.465 e. The van der Waals surface area contributed by atoms with Gasteiger partial charge >= 0.3 is 8.80 Å². The highest BCUT2D eigenvalue weighted by Crippen LogP contribution is 2.16. The molecule has 1 aromatic rings. The predicted molar refractivity (Wildman–Crippen MR) is 69.1 cm³/mol.